The van der Waals surface area contributed by atoms with Crippen LogP contribution in [0, 0.1) is 0 Å². The highest BCUT2D eigenvalue weighted by atomic mass is 32.2. The molecule has 3 aromatic rings. The molecule has 1 aromatic carbocycles. The minimum atomic E-state index is -0.261. The van der Waals surface area contributed by atoms with Gasteiger partial charge in [0.15, 0.2) is 16.7 Å². The zero-order chi connectivity index (χ0) is 17.8. The maximum Gasteiger partial charge on any atom is 0.252 e. The second kappa shape index (κ2) is 7.26. The van der Waals surface area contributed by atoms with Crippen molar-refractivity contribution < 1.29 is 14.3 Å². The molecule has 2 aromatic heterocycles. The zero-order valence-electron chi connectivity index (χ0n) is 13.5. The first-order valence-corrected chi connectivity index (χ1v) is 8.18. The van der Waals surface area contributed by atoms with Crippen molar-refractivity contribution in [1.29, 1.82) is 0 Å². The molecule has 2 N–H and O–H groups in total. The average Bonchev–Trinajstić information content (AvgIpc) is 3.01. The first kappa shape index (κ1) is 16.8. The lowest BCUT2D eigenvalue weighted by Crippen LogP contribution is -2.14. The summed E-state index contributed by atoms with van der Waals surface area (Å²) in [4.78, 5) is 25.9. The van der Waals surface area contributed by atoms with E-state index in [0.29, 0.717) is 28.1 Å². The lowest BCUT2D eigenvalue weighted by molar-refractivity contribution is -0.113. The van der Waals surface area contributed by atoms with E-state index < -0.39 is 0 Å². The molecule has 0 saturated heterocycles. The van der Waals surface area contributed by atoms with Crippen LogP contribution in [0.5, 0.6) is 11.5 Å². The summed E-state index contributed by atoms with van der Waals surface area (Å²) in [7, 11) is 3.07. The SMILES string of the molecule is COc1ccc(NC(=O)CSc2nnc3[nH]c(=O)ccn23)cc1OC. The van der Waals surface area contributed by atoms with Crippen molar-refractivity contribution in [2.24, 2.45) is 0 Å². The third kappa shape index (κ3) is 3.74. The number of fused-ring (bicyclic) bond motifs is 1. The molecule has 0 fully saturated rings. The summed E-state index contributed by atoms with van der Waals surface area (Å²) in [6, 6.07) is 6.48. The molecule has 0 atom stereocenters. The number of hydrogen-bond donors (Lipinski definition) is 2. The van der Waals surface area contributed by atoms with Gasteiger partial charge in [0.25, 0.3) is 5.56 Å². The molecule has 25 heavy (non-hydrogen) atoms. The summed E-state index contributed by atoms with van der Waals surface area (Å²) in [5, 5.41) is 11.1. The summed E-state index contributed by atoms with van der Waals surface area (Å²) in [5.74, 6) is 1.36. The van der Waals surface area contributed by atoms with E-state index in [1.54, 1.807) is 35.9 Å². The number of hydrogen-bond acceptors (Lipinski definition) is 7. The van der Waals surface area contributed by atoms with Gasteiger partial charge in [-0.15, -0.1) is 10.2 Å². The van der Waals surface area contributed by atoms with Crippen LogP contribution in [0.3, 0.4) is 0 Å². The lowest BCUT2D eigenvalue weighted by Gasteiger charge is -2.10. The van der Waals surface area contributed by atoms with Gasteiger partial charge in [-0.3, -0.25) is 19.0 Å². The summed E-state index contributed by atoms with van der Waals surface area (Å²) < 4.78 is 12.0. The second-order valence-corrected chi connectivity index (χ2v) is 5.83. The molecular weight excluding hydrogens is 346 g/mol. The molecular formula is C15H15N5O4S. The van der Waals surface area contributed by atoms with Gasteiger partial charge in [-0.05, 0) is 12.1 Å². The second-order valence-electron chi connectivity index (χ2n) is 4.89. The smallest absolute Gasteiger partial charge is 0.252 e. The highest BCUT2D eigenvalue weighted by molar-refractivity contribution is 7.99. The van der Waals surface area contributed by atoms with Crippen molar-refractivity contribution in [1.82, 2.24) is 19.6 Å². The molecule has 0 spiro atoms. The van der Waals surface area contributed by atoms with Crippen LogP contribution in [0.25, 0.3) is 5.78 Å². The maximum absolute atomic E-state index is 12.1. The van der Waals surface area contributed by atoms with E-state index in [9.17, 15) is 9.59 Å². The van der Waals surface area contributed by atoms with Gasteiger partial charge >= 0.3 is 0 Å². The van der Waals surface area contributed by atoms with Gasteiger partial charge in [0.05, 0.1) is 20.0 Å². The normalized spacial score (nSPS) is 10.6. The van der Waals surface area contributed by atoms with Crippen LogP contribution >= 0.6 is 11.8 Å². The van der Waals surface area contributed by atoms with Crippen LogP contribution in [0.15, 0.2) is 40.4 Å². The highest BCUT2D eigenvalue weighted by Gasteiger charge is 2.11. The molecule has 1 amide bonds. The molecule has 2 heterocycles. The lowest BCUT2D eigenvalue weighted by atomic mass is 10.2. The number of benzene rings is 1. The summed E-state index contributed by atoms with van der Waals surface area (Å²) in [6.45, 7) is 0. The maximum atomic E-state index is 12.1. The standard InChI is InChI=1S/C15H15N5O4S/c1-23-10-4-3-9(7-11(10)24-2)16-13(22)8-25-15-19-18-14-17-12(21)5-6-20(14)15/h3-7H,8H2,1-2H3,(H,16,22)(H,17,18,21). The quantitative estimate of drug-likeness (QED) is 0.634. The topological polar surface area (TPSA) is 111 Å². The van der Waals surface area contributed by atoms with E-state index in [-0.39, 0.29) is 17.2 Å². The van der Waals surface area contributed by atoms with Crippen LogP contribution in [-0.2, 0) is 4.79 Å². The molecule has 0 radical (unpaired) electrons. The Kier molecular flexibility index (Phi) is 4.89. The molecule has 10 heteroatoms. The molecule has 9 nitrogen and oxygen atoms in total. The Morgan fingerprint density at radius 1 is 1.24 bits per heavy atom. The number of methoxy groups -OCH3 is 2. The van der Waals surface area contributed by atoms with Crippen molar-refractivity contribution in [3.05, 3.63) is 40.8 Å². The van der Waals surface area contributed by atoms with E-state index in [1.807, 2.05) is 0 Å². The van der Waals surface area contributed by atoms with Crippen LogP contribution in [0.1, 0.15) is 0 Å². The highest BCUT2D eigenvalue weighted by Crippen LogP contribution is 2.29. The molecule has 0 bridgehead atoms. The van der Waals surface area contributed by atoms with Gasteiger partial charge in [-0.2, -0.15) is 0 Å². The predicted octanol–water partition coefficient (Wildman–Crippen LogP) is 1.17. The monoisotopic (exact) mass is 361 g/mol. The number of carbonyl (C=O) groups is 1. The van der Waals surface area contributed by atoms with E-state index >= 15 is 0 Å². The Hall–Kier alpha value is -3.01. The minimum Gasteiger partial charge on any atom is -0.493 e. The van der Waals surface area contributed by atoms with Crippen molar-refractivity contribution in [2.45, 2.75) is 5.16 Å². The number of ether oxygens (including phenoxy) is 2. The Bertz CT molecular complexity index is 968. The number of rotatable bonds is 6. The van der Waals surface area contributed by atoms with E-state index in [2.05, 4.69) is 20.5 Å². The van der Waals surface area contributed by atoms with Gasteiger partial charge in [-0.1, -0.05) is 11.8 Å². The number of carbonyl (C=O) groups excluding carboxylic acids is 1. The van der Waals surface area contributed by atoms with Crippen molar-refractivity contribution >= 4 is 29.1 Å². The average molecular weight is 361 g/mol. The number of nitrogens with one attached hydrogen (secondary N) is 2. The Labute approximate surface area is 146 Å². The Morgan fingerprint density at radius 2 is 2.04 bits per heavy atom. The van der Waals surface area contributed by atoms with Gasteiger partial charge in [0.2, 0.25) is 11.7 Å². The minimum absolute atomic E-state index is 0.133. The van der Waals surface area contributed by atoms with Gasteiger partial charge in [-0.25, -0.2) is 0 Å². The predicted molar refractivity (Wildman–Crippen MR) is 92.5 cm³/mol. The Balaban J connectivity index is 1.65. The number of aromatic amines is 1. The molecule has 0 aliphatic carbocycles. The summed E-state index contributed by atoms with van der Waals surface area (Å²) in [5.41, 5.74) is 0.335. The first-order valence-electron chi connectivity index (χ1n) is 7.19. The molecule has 130 valence electrons. The van der Waals surface area contributed by atoms with E-state index in [1.165, 1.54) is 24.9 Å². The number of nitrogens with zero attached hydrogens (tertiary/aromatic N) is 3. The Morgan fingerprint density at radius 3 is 2.80 bits per heavy atom. The van der Waals surface area contributed by atoms with Crippen molar-refractivity contribution in [3.8, 4) is 11.5 Å². The van der Waals surface area contributed by atoms with Crippen LogP contribution in [0.4, 0.5) is 5.69 Å². The number of thioether (sulfide) groups is 1. The fraction of sp³-hybridized carbons (Fsp3) is 0.200. The molecule has 0 aliphatic heterocycles. The molecule has 0 unspecified atom stereocenters. The molecule has 3 rings (SSSR count). The number of H-pyrrole nitrogens is 1. The van der Waals surface area contributed by atoms with Gasteiger partial charge in [0.1, 0.15) is 0 Å². The van der Waals surface area contributed by atoms with Crippen LogP contribution in [0.2, 0.25) is 0 Å². The summed E-state index contributed by atoms with van der Waals surface area (Å²) >= 11 is 1.21. The largest absolute Gasteiger partial charge is 0.493 e. The number of amides is 1. The third-order valence-electron chi connectivity index (χ3n) is 3.27. The first-order chi connectivity index (χ1) is 12.1. The van der Waals surface area contributed by atoms with Crippen LogP contribution < -0.4 is 20.3 Å². The summed E-state index contributed by atoms with van der Waals surface area (Å²) in [6.07, 6.45) is 1.56. The number of anilines is 1. The van der Waals surface area contributed by atoms with Gasteiger partial charge in [0, 0.05) is 24.0 Å². The van der Waals surface area contributed by atoms with Crippen LogP contribution in [-0.4, -0.2) is 45.5 Å². The number of aromatic nitrogens is 4. The van der Waals surface area contributed by atoms with E-state index in [4.69, 9.17) is 9.47 Å². The fourth-order valence-electron chi connectivity index (χ4n) is 2.13. The molecule has 0 aliphatic rings. The fourth-order valence-corrected chi connectivity index (χ4v) is 2.85. The van der Waals surface area contributed by atoms with E-state index in [0.717, 1.165) is 0 Å². The van der Waals surface area contributed by atoms with Gasteiger partial charge < -0.3 is 14.8 Å². The van der Waals surface area contributed by atoms with Crippen molar-refractivity contribution in [2.75, 3.05) is 25.3 Å². The third-order valence-corrected chi connectivity index (χ3v) is 4.22. The zero-order valence-corrected chi connectivity index (χ0v) is 14.3. The van der Waals surface area contributed by atoms with Crippen molar-refractivity contribution in [3.63, 3.8) is 0 Å². The molecule has 0 saturated carbocycles.